The fraction of sp³-hybridized carbons (Fsp3) is 0.583. The fourth-order valence-corrected chi connectivity index (χ4v) is 2.73. The van der Waals surface area contributed by atoms with Crippen molar-refractivity contribution in [2.24, 2.45) is 17.6 Å². The van der Waals surface area contributed by atoms with Gasteiger partial charge in [-0.1, -0.05) is 6.07 Å². The highest BCUT2D eigenvalue weighted by molar-refractivity contribution is 5.48. The van der Waals surface area contributed by atoms with Crippen molar-refractivity contribution in [1.29, 1.82) is 0 Å². The molecular formula is C12H17N3O. The van der Waals surface area contributed by atoms with Gasteiger partial charge in [-0.25, -0.2) is 4.98 Å². The van der Waals surface area contributed by atoms with Crippen LogP contribution in [0.25, 0.3) is 0 Å². The summed E-state index contributed by atoms with van der Waals surface area (Å²) in [6.45, 7) is 4.51. The number of pyridine rings is 1. The lowest BCUT2D eigenvalue weighted by Gasteiger charge is -2.20. The Kier molecular flexibility index (Phi) is 2.53. The van der Waals surface area contributed by atoms with Crippen molar-refractivity contribution >= 4 is 5.82 Å². The zero-order valence-electron chi connectivity index (χ0n) is 9.30. The number of aromatic nitrogens is 1. The molecule has 2 unspecified atom stereocenters. The number of ether oxygens (including phenoxy) is 1. The monoisotopic (exact) mass is 219 g/mol. The Bertz CT molecular complexity index is 370. The van der Waals surface area contributed by atoms with Crippen LogP contribution in [0, 0.1) is 11.8 Å². The van der Waals surface area contributed by atoms with E-state index in [9.17, 15) is 0 Å². The van der Waals surface area contributed by atoms with Crippen LogP contribution in [0.5, 0.6) is 0 Å². The first-order chi connectivity index (χ1) is 7.88. The summed E-state index contributed by atoms with van der Waals surface area (Å²) in [4.78, 5) is 6.83. The standard InChI is InChI=1S/C12H17N3O/c13-4-9-2-1-3-14-12(9)15-5-10-7-16-8-11(10)6-15/h1-3,10-11H,4-8,13H2. The number of hydrogen-bond donors (Lipinski definition) is 1. The largest absolute Gasteiger partial charge is 0.381 e. The Morgan fingerprint density at radius 3 is 2.81 bits per heavy atom. The Labute approximate surface area is 95.4 Å². The van der Waals surface area contributed by atoms with E-state index in [0.717, 1.165) is 37.7 Å². The van der Waals surface area contributed by atoms with Gasteiger partial charge in [-0.15, -0.1) is 0 Å². The molecule has 2 N–H and O–H groups in total. The summed E-state index contributed by atoms with van der Waals surface area (Å²) in [7, 11) is 0. The van der Waals surface area contributed by atoms with Gasteiger partial charge < -0.3 is 15.4 Å². The number of nitrogens with two attached hydrogens (primary N) is 1. The summed E-state index contributed by atoms with van der Waals surface area (Å²) in [5, 5.41) is 0. The molecular weight excluding hydrogens is 202 g/mol. The minimum atomic E-state index is 0.561. The number of nitrogens with zero attached hydrogens (tertiary/aromatic N) is 2. The molecule has 0 aliphatic carbocycles. The average Bonchev–Trinajstić information content (AvgIpc) is 2.89. The maximum absolute atomic E-state index is 5.74. The van der Waals surface area contributed by atoms with Crippen molar-refractivity contribution in [3.63, 3.8) is 0 Å². The molecule has 2 fully saturated rings. The first-order valence-corrected chi connectivity index (χ1v) is 5.85. The second-order valence-corrected chi connectivity index (χ2v) is 4.65. The van der Waals surface area contributed by atoms with Crippen LogP contribution < -0.4 is 10.6 Å². The number of rotatable bonds is 2. The van der Waals surface area contributed by atoms with Gasteiger partial charge in [0.15, 0.2) is 0 Å². The summed E-state index contributed by atoms with van der Waals surface area (Å²) >= 11 is 0. The Balaban J connectivity index is 1.83. The molecule has 4 heteroatoms. The first kappa shape index (κ1) is 10.1. The van der Waals surface area contributed by atoms with E-state index in [-0.39, 0.29) is 0 Å². The summed E-state index contributed by atoms with van der Waals surface area (Å²) in [6, 6.07) is 4.01. The first-order valence-electron chi connectivity index (χ1n) is 5.85. The lowest BCUT2D eigenvalue weighted by Crippen LogP contribution is -2.25. The molecule has 0 saturated carbocycles. The van der Waals surface area contributed by atoms with Crippen molar-refractivity contribution in [3.05, 3.63) is 23.9 Å². The highest BCUT2D eigenvalue weighted by atomic mass is 16.5. The van der Waals surface area contributed by atoms with Crippen LogP contribution in [0.3, 0.4) is 0 Å². The fourth-order valence-electron chi connectivity index (χ4n) is 2.73. The third-order valence-electron chi connectivity index (χ3n) is 3.63. The minimum Gasteiger partial charge on any atom is -0.381 e. The third kappa shape index (κ3) is 1.58. The Morgan fingerprint density at radius 2 is 2.12 bits per heavy atom. The van der Waals surface area contributed by atoms with Gasteiger partial charge in [0.1, 0.15) is 5.82 Å². The van der Waals surface area contributed by atoms with Gasteiger partial charge in [0.2, 0.25) is 0 Å². The topological polar surface area (TPSA) is 51.4 Å². The highest BCUT2D eigenvalue weighted by Gasteiger charge is 2.37. The predicted molar refractivity (Wildman–Crippen MR) is 62.1 cm³/mol. The molecule has 2 aliphatic rings. The van der Waals surface area contributed by atoms with Crippen molar-refractivity contribution in [2.45, 2.75) is 6.54 Å². The van der Waals surface area contributed by atoms with E-state index in [2.05, 4.69) is 16.0 Å². The molecule has 4 nitrogen and oxygen atoms in total. The lowest BCUT2D eigenvalue weighted by atomic mass is 10.0. The maximum atomic E-state index is 5.74. The van der Waals surface area contributed by atoms with E-state index in [1.165, 1.54) is 0 Å². The normalized spacial score (nSPS) is 28.4. The second-order valence-electron chi connectivity index (χ2n) is 4.65. The van der Waals surface area contributed by atoms with E-state index < -0.39 is 0 Å². The van der Waals surface area contributed by atoms with Gasteiger partial charge in [0, 0.05) is 43.2 Å². The summed E-state index contributed by atoms with van der Waals surface area (Å²) < 4.78 is 5.48. The molecule has 0 aromatic carbocycles. The maximum Gasteiger partial charge on any atom is 0.133 e. The smallest absolute Gasteiger partial charge is 0.133 e. The SMILES string of the molecule is NCc1cccnc1N1CC2COCC2C1. The van der Waals surface area contributed by atoms with E-state index in [1.807, 2.05) is 12.3 Å². The highest BCUT2D eigenvalue weighted by Crippen LogP contribution is 2.32. The van der Waals surface area contributed by atoms with Crippen molar-refractivity contribution in [1.82, 2.24) is 4.98 Å². The lowest BCUT2D eigenvalue weighted by molar-refractivity contribution is 0.177. The summed E-state index contributed by atoms with van der Waals surface area (Å²) in [5.41, 5.74) is 6.88. The number of anilines is 1. The molecule has 86 valence electrons. The number of fused-ring (bicyclic) bond motifs is 1. The predicted octanol–water partition coefficient (Wildman–Crippen LogP) is 0.623. The third-order valence-corrected chi connectivity index (χ3v) is 3.63. The summed E-state index contributed by atoms with van der Waals surface area (Å²) in [6.07, 6.45) is 1.85. The average molecular weight is 219 g/mol. The van der Waals surface area contributed by atoms with Crippen LogP contribution in [0.4, 0.5) is 5.82 Å². The Morgan fingerprint density at radius 1 is 1.38 bits per heavy atom. The van der Waals surface area contributed by atoms with Crippen molar-refractivity contribution in [3.8, 4) is 0 Å². The van der Waals surface area contributed by atoms with Crippen LogP contribution in [0.15, 0.2) is 18.3 Å². The van der Waals surface area contributed by atoms with Crippen LogP contribution >= 0.6 is 0 Å². The zero-order valence-corrected chi connectivity index (χ0v) is 9.30. The van der Waals surface area contributed by atoms with Crippen LogP contribution in [-0.2, 0) is 11.3 Å². The molecule has 1 aromatic heterocycles. The van der Waals surface area contributed by atoms with Gasteiger partial charge in [-0.3, -0.25) is 0 Å². The molecule has 1 aromatic rings. The van der Waals surface area contributed by atoms with Crippen LogP contribution in [0.2, 0.25) is 0 Å². The quantitative estimate of drug-likeness (QED) is 0.792. The Hall–Kier alpha value is -1.13. The molecule has 16 heavy (non-hydrogen) atoms. The van der Waals surface area contributed by atoms with E-state index in [1.54, 1.807) is 0 Å². The van der Waals surface area contributed by atoms with E-state index in [4.69, 9.17) is 10.5 Å². The molecule has 0 bridgehead atoms. The van der Waals surface area contributed by atoms with Gasteiger partial charge in [-0.05, 0) is 6.07 Å². The van der Waals surface area contributed by atoms with Gasteiger partial charge in [0.25, 0.3) is 0 Å². The van der Waals surface area contributed by atoms with Crippen LogP contribution in [-0.4, -0.2) is 31.3 Å². The molecule has 3 heterocycles. The van der Waals surface area contributed by atoms with Crippen molar-refractivity contribution < 1.29 is 4.74 Å². The molecule has 2 atom stereocenters. The number of hydrogen-bond acceptors (Lipinski definition) is 4. The molecule has 3 rings (SSSR count). The zero-order chi connectivity index (χ0) is 11.0. The van der Waals surface area contributed by atoms with Gasteiger partial charge in [-0.2, -0.15) is 0 Å². The van der Waals surface area contributed by atoms with Crippen LogP contribution in [0.1, 0.15) is 5.56 Å². The van der Waals surface area contributed by atoms with Gasteiger partial charge in [0.05, 0.1) is 13.2 Å². The molecule has 0 amide bonds. The second kappa shape index (κ2) is 4.03. The molecule has 2 aliphatic heterocycles. The minimum absolute atomic E-state index is 0.561. The molecule has 0 radical (unpaired) electrons. The molecule has 2 saturated heterocycles. The van der Waals surface area contributed by atoms with Crippen molar-refractivity contribution in [2.75, 3.05) is 31.2 Å². The van der Waals surface area contributed by atoms with Gasteiger partial charge >= 0.3 is 0 Å². The van der Waals surface area contributed by atoms with E-state index in [0.29, 0.717) is 18.4 Å². The molecule has 0 spiro atoms. The summed E-state index contributed by atoms with van der Waals surface area (Å²) in [5.74, 6) is 2.44. The van der Waals surface area contributed by atoms with E-state index >= 15 is 0 Å².